The number of hydrogen-bond acceptors (Lipinski definition) is 0. The molecule has 1 heteroatoms. The zero-order valence-electron chi connectivity index (χ0n) is 8.93. The predicted molar refractivity (Wildman–Crippen MR) is 62.3 cm³/mol. The molecule has 2 fully saturated rings. The van der Waals surface area contributed by atoms with Crippen LogP contribution in [0, 0.1) is 11.8 Å². The standard InChI is InChI=1S/C12H23S/c1-2-3-8-13-9-11-6-4-5-7-12(11)10-13/h11-12H,2-10H2,1H3/q+1/t11-,12-/m0/s1. The van der Waals surface area contributed by atoms with Crippen molar-refractivity contribution < 1.29 is 0 Å². The molecule has 0 aromatic rings. The molecule has 0 radical (unpaired) electrons. The Kier molecular flexibility index (Phi) is 3.59. The highest BCUT2D eigenvalue weighted by Crippen LogP contribution is 2.38. The van der Waals surface area contributed by atoms with Crippen LogP contribution in [-0.4, -0.2) is 17.3 Å². The third-order valence-electron chi connectivity index (χ3n) is 3.75. The van der Waals surface area contributed by atoms with Gasteiger partial charge in [0.1, 0.15) is 17.3 Å². The minimum atomic E-state index is 0.853. The van der Waals surface area contributed by atoms with E-state index in [-0.39, 0.29) is 0 Å². The van der Waals surface area contributed by atoms with Gasteiger partial charge >= 0.3 is 0 Å². The van der Waals surface area contributed by atoms with Gasteiger partial charge in [0.2, 0.25) is 0 Å². The van der Waals surface area contributed by atoms with Crippen LogP contribution in [0.4, 0.5) is 0 Å². The van der Waals surface area contributed by atoms with Gasteiger partial charge in [-0.1, -0.05) is 26.2 Å². The summed E-state index contributed by atoms with van der Waals surface area (Å²) in [5, 5.41) is 0. The molecule has 1 saturated carbocycles. The van der Waals surface area contributed by atoms with Crippen LogP contribution in [0.1, 0.15) is 45.4 Å². The molecule has 0 nitrogen and oxygen atoms in total. The van der Waals surface area contributed by atoms with Crippen LogP contribution in [0.5, 0.6) is 0 Å². The molecule has 76 valence electrons. The van der Waals surface area contributed by atoms with Crippen molar-refractivity contribution in [1.29, 1.82) is 0 Å². The summed E-state index contributed by atoms with van der Waals surface area (Å²) in [6, 6.07) is 0. The fourth-order valence-electron chi connectivity index (χ4n) is 2.91. The SMILES string of the molecule is CCCC[S+]1C[C@@H]2CCCC[C@H]2C1. The highest BCUT2D eigenvalue weighted by atomic mass is 32.2. The van der Waals surface area contributed by atoms with Crippen LogP contribution in [0.3, 0.4) is 0 Å². The fourth-order valence-corrected chi connectivity index (χ4v) is 6.17. The molecule has 0 N–H and O–H groups in total. The highest BCUT2D eigenvalue weighted by molar-refractivity contribution is 7.97. The van der Waals surface area contributed by atoms with Crippen LogP contribution in [-0.2, 0) is 10.9 Å². The Morgan fingerprint density at radius 3 is 2.23 bits per heavy atom. The zero-order valence-corrected chi connectivity index (χ0v) is 9.74. The molecule has 1 aliphatic heterocycles. The maximum Gasteiger partial charge on any atom is 0.111 e. The lowest BCUT2D eigenvalue weighted by atomic mass is 9.82. The van der Waals surface area contributed by atoms with E-state index in [1.54, 1.807) is 30.1 Å². The summed E-state index contributed by atoms with van der Waals surface area (Å²) in [6.45, 7) is 2.33. The van der Waals surface area contributed by atoms with E-state index in [9.17, 15) is 0 Å². The molecule has 0 unspecified atom stereocenters. The van der Waals surface area contributed by atoms with Crippen molar-refractivity contribution in [2.75, 3.05) is 17.3 Å². The molecule has 2 atom stereocenters. The minimum absolute atomic E-state index is 0.853. The van der Waals surface area contributed by atoms with E-state index in [4.69, 9.17) is 0 Å². The average Bonchev–Trinajstić information content (AvgIpc) is 2.57. The number of fused-ring (bicyclic) bond motifs is 1. The summed E-state index contributed by atoms with van der Waals surface area (Å²) < 4.78 is 0. The summed E-state index contributed by atoms with van der Waals surface area (Å²) in [7, 11) is 0.853. The van der Waals surface area contributed by atoms with Crippen molar-refractivity contribution in [3.63, 3.8) is 0 Å². The zero-order chi connectivity index (χ0) is 9.10. The Morgan fingerprint density at radius 1 is 1.08 bits per heavy atom. The summed E-state index contributed by atoms with van der Waals surface area (Å²) in [5.41, 5.74) is 0. The molecular weight excluding hydrogens is 176 g/mol. The first-order valence-corrected chi connectivity index (χ1v) is 7.77. The fraction of sp³-hybridized carbons (Fsp3) is 1.00. The van der Waals surface area contributed by atoms with E-state index >= 15 is 0 Å². The van der Waals surface area contributed by atoms with Crippen LogP contribution in [0.15, 0.2) is 0 Å². The van der Waals surface area contributed by atoms with Crippen LogP contribution in [0.2, 0.25) is 0 Å². The van der Waals surface area contributed by atoms with Crippen molar-refractivity contribution in [2.45, 2.75) is 45.4 Å². The van der Waals surface area contributed by atoms with Gasteiger partial charge in [-0.2, -0.15) is 0 Å². The lowest BCUT2D eigenvalue weighted by Crippen LogP contribution is -2.16. The van der Waals surface area contributed by atoms with E-state index in [1.165, 1.54) is 25.7 Å². The molecule has 2 rings (SSSR count). The molecule has 1 saturated heterocycles. The molecule has 1 heterocycles. The maximum absolute atomic E-state index is 2.33. The molecule has 0 aromatic carbocycles. The smallest absolute Gasteiger partial charge is 0.0652 e. The van der Waals surface area contributed by atoms with Crippen molar-refractivity contribution in [2.24, 2.45) is 11.8 Å². The van der Waals surface area contributed by atoms with Gasteiger partial charge < -0.3 is 0 Å². The Balaban J connectivity index is 1.77. The van der Waals surface area contributed by atoms with Gasteiger partial charge in [-0.3, -0.25) is 0 Å². The minimum Gasteiger partial charge on any atom is -0.0652 e. The number of unbranched alkanes of at least 4 members (excludes halogenated alkanes) is 1. The van der Waals surface area contributed by atoms with E-state index < -0.39 is 0 Å². The van der Waals surface area contributed by atoms with Crippen molar-refractivity contribution in [3.8, 4) is 0 Å². The number of rotatable bonds is 3. The Hall–Kier alpha value is 0.350. The Labute approximate surface area is 85.8 Å². The first-order valence-electron chi connectivity index (χ1n) is 6.04. The van der Waals surface area contributed by atoms with E-state index in [0.717, 1.165) is 22.7 Å². The van der Waals surface area contributed by atoms with E-state index in [0.29, 0.717) is 0 Å². The predicted octanol–water partition coefficient (Wildman–Crippen LogP) is 3.22. The molecule has 1 aliphatic carbocycles. The van der Waals surface area contributed by atoms with Gasteiger partial charge in [-0.25, -0.2) is 0 Å². The second-order valence-corrected chi connectivity index (χ2v) is 7.11. The summed E-state index contributed by atoms with van der Waals surface area (Å²) in [4.78, 5) is 0. The van der Waals surface area contributed by atoms with Gasteiger partial charge in [-0.15, -0.1) is 0 Å². The Bertz CT molecular complexity index is 141. The van der Waals surface area contributed by atoms with Crippen LogP contribution in [0.25, 0.3) is 0 Å². The van der Waals surface area contributed by atoms with Gasteiger partial charge in [0, 0.05) is 11.8 Å². The molecular formula is C12H23S+. The van der Waals surface area contributed by atoms with Crippen molar-refractivity contribution >= 4 is 10.9 Å². The Morgan fingerprint density at radius 2 is 1.69 bits per heavy atom. The summed E-state index contributed by atoms with van der Waals surface area (Å²) >= 11 is 0. The first-order chi connectivity index (χ1) is 6.40. The molecule has 0 bridgehead atoms. The van der Waals surface area contributed by atoms with Gasteiger partial charge in [0.15, 0.2) is 0 Å². The molecule has 2 aliphatic rings. The molecule has 13 heavy (non-hydrogen) atoms. The monoisotopic (exact) mass is 199 g/mol. The molecule has 0 amide bonds. The van der Waals surface area contributed by atoms with Crippen LogP contribution < -0.4 is 0 Å². The number of hydrogen-bond donors (Lipinski definition) is 0. The summed E-state index contributed by atoms with van der Waals surface area (Å²) in [5.74, 6) is 7.11. The third kappa shape index (κ3) is 2.43. The normalized spacial score (nSPS) is 34.8. The second kappa shape index (κ2) is 4.72. The van der Waals surface area contributed by atoms with Gasteiger partial charge in [0.25, 0.3) is 0 Å². The first kappa shape index (κ1) is 9.89. The van der Waals surface area contributed by atoms with Crippen LogP contribution >= 0.6 is 0 Å². The second-order valence-electron chi connectivity index (χ2n) is 4.81. The van der Waals surface area contributed by atoms with Crippen molar-refractivity contribution in [3.05, 3.63) is 0 Å². The lowest BCUT2D eigenvalue weighted by molar-refractivity contribution is 0.299. The van der Waals surface area contributed by atoms with Crippen molar-refractivity contribution in [1.82, 2.24) is 0 Å². The lowest BCUT2D eigenvalue weighted by Gasteiger charge is -2.20. The molecule has 0 aromatic heterocycles. The van der Waals surface area contributed by atoms with Gasteiger partial charge in [0.05, 0.1) is 0 Å². The van der Waals surface area contributed by atoms with E-state index in [1.807, 2.05) is 0 Å². The average molecular weight is 199 g/mol. The largest absolute Gasteiger partial charge is 0.111 e. The highest BCUT2D eigenvalue weighted by Gasteiger charge is 2.41. The summed E-state index contributed by atoms with van der Waals surface area (Å²) in [6.07, 6.45) is 9.10. The topological polar surface area (TPSA) is 0 Å². The third-order valence-corrected chi connectivity index (χ3v) is 6.42. The van der Waals surface area contributed by atoms with E-state index in [2.05, 4.69) is 6.92 Å². The quantitative estimate of drug-likeness (QED) is 0.612. The van der Waals surface area contributed by atoms with Gasteiger partial charge in [-0.05, 0) is 30.2 Å². The molecule has 0 spiro atoms. The maximum atomic E-state index is 2.33.